The van der Waals surface area contributed by atoms with E-state index in [1.54, 1.807) is 0 Å². The van der Waals surface area contributed by atoms with Crippen LogP contribution in [0.25, 0.3) is 94.5 Å². The summed E-state index contributed by atoms with van der Waals surface area (Å²) >= 11 is 0. The standard InChI is InChI=1S/C46H31N3O/c1-2-3-4-5-6-12-30-19-25-39-42(27-30)50-41-18-11-17-40(43(39)41)46-48-44(35-23-20-31-13-7-8-15-33(31)28-35)47-45(49-46)36-24-26-38-34(29-36)22-21-32-14-9-10-16-37(32)38/h2-29H,1H3/b3-2-,5-4-,12-6+. The minimum Gasteiger partial charge on any atom is -0.456 e. The molecule has 9 aromatic rings. The van der Waals surface area contributed by atoms with Crippen LogP contribution in [0, 0.1) is 0 Å². The van der Waals surface area contributed by atoms with E-state index in [4.69, 9.17) is 19.4 Å². The third-order valence-electron chi connectivity index (χ3n) is 9.22. The van der Waals surface area contributed by atoms with E-state index in [1.165, 1.54) is 21.5 Å². The van der Waals surface area contributed by atoms with Gasteiger partial charge in [-0.1, -0.05) is 140 Å². The van der Waals surface area contributed by atoms with E-state index in [0.29, 0.717) is 17.5 Å². The van der Waals surface area contributed by atoms with Crippen LogP contribution in [0.2, 0.25) is 0 Å². The first-order valence-corrected chi connectivity index (χ1v) is 16.8. The molecule has 236 valence electrons. The number of rotatable bonds is 6. The Kier molecular flexibility index (Phi) is 7.33. The highest BCUT2D eigenvalue weighted by molar-refractivity contribution is 6.12. The molecule has 7 aromatic carbocycles. The maximum Gasteiger partial charge on any atom is 0.164 e. The first-order chi connectivity index (χ1) is 24.7. The molecule has 0 spiro atoms. The lowest BCUT2D eigenvalue weighted by Gasteiger charge is -2.11. The van der Waals surface area contributed by atoms with Gasteiger partial charge in [-0.2, -0.15) is 0 Å². The maximum atomic E-state index is 6.43. The number of fused-ring (bicyclic) bond motifs is 7. The number of hydrogen-bond acceptors (Lipinski definition) is 4. The predicted octanol–water partition coefficient (Wildman–Crippen LogP) is 12.4. The minimum atomic E-state index is 0.600. The van der Waals surface area contributed by atoms with Crippen molar-refractivity contribution in [2.45, 2.75) is 6.92 Å². The number of hydrogen-bond donors (Lipinski definition) is 0. The molecule has 50 heavy (non-hydrogen) atoms. The molecule has 0 saturated carbocycles. The van der Waals surface area contributed by atoms with Crippen molar-refractivity contribution in [1.82, 2.24) is 15.0 Å². The van der Waals surface area contributed by atoms with E-state index in [9.17, 15) is 0 Å². The fourth-order valence-electron chi connectivity index (χ4n) is 6.77. The molecule has 0 atom stereocenters. The molecule has 2 aromatic heterocycles. The lowest BCUT2D eigenvalue weighted by atomic mass is 10.00. The summed E-state index contributed by atoms with van der Waals surface area (Å²) in [5.74, 6) is 1.84. The summed E-state index contributed by atoms with van der Waals surface area (Å²) < 4.78 is 6.43. The third-order valence-corrected chi connectivity index (χ3v) is 9.22. The second-order valence-electron chi connectivity index (χ2n) is 12.4. The fraction of sp³-hybridized carbons (Fsp3) is 0.0217. The van der Waals surface area contributed by atoms with Crippen LogP contribution < -0.4 is 0 Å². The van der Waals surface area contributed by atoms with Crippen molar-refractivity contribution in [3.63, 3.8) is 0 Å². The van der Waals surface area contributed by atoms with Gasteiger partial charge in [0.25, 0.3) is 0 Å². The van der Waals surface area contributed by atoms with Gasteiger partial charge >= 0.3 is 0 Å². The Morgan fingerprint density at radius 2 is 1.12 bits per heavy atom. The van der Waals surface area contributed by atoms with Crippen LogP contribution in [0.5, 0.6) is 0 Å². The highest BCUT2D eigenvalue weighted by Gasteiger charge is 2.18. The Hall–Kier alpha value is -6.65. The number of aromatic nitrogens is 3. The molecule has 0 unspecified atom stereocenters. The summed E-state index contributed by atoms with van der Waals surface area (Å²) in [4.78, 5) is 15.4. The van der Waals surface area contributed by atoms with Crippen molar-refractivity contribution in [3.8, 4) is 34.2 Å². The van der Waals surface area contributed by atoms with E-state index in [2.05, 4.69) is 127 Å². The number of furan rings is 1. The van der Waals surface area contributed by atoms with Crippen molar-refractivity contribution in [2.75, 3.05) is 0 Å². The molecular formula is C46H31N3O. The Morgan fingerprint density at radius 3 is 1.98 bits per heavy atom. The third kappa shape index (κ3) is 5.33. The van der Waals surface area contributed by atoms with Gasteiger partial charge < -0.3 is 4.42 Å². The molecule has 0 N–H and O–H groups in total. The van der Waals surface area contributed by atoms with Crippen molar-refractivity contribution >= 4 is 60.3 Å². The van der Waals surface area contributed by atoms with Gasteiger partial charge in [0.2, 0.25) is 0 Å². The van der Waals surface area contributed by atoms with E-state index in [0.717, 1.165) is 55.0 Å². The smallest absolute Gasteiger partial charge is 0.164 e. The van der Waals surface area contributed by atoms with Crippen LogP contribution in [0.3, 0.4) is 0 Å². The summed E-state index contributed by atoms with van der Waals surface area (Å²) in [5, 5.41) is 9.10. The quantitative estimate of drug-likeness (QED) is 0.134. The Bertz CT molecular complexity index is 2840. The summed E-state index contributed by atoms with van der Waals surface area (Å²) in [7, 11) is 0. The van der Waals surface area contributed by atoms with Crippen LogP contribution in [0.1, 0.15) is 12.5 Å². The van der Waals surface area contributed by atoms with Gasteiger partial charge in [-0.15, -0.1) is 0 Å². The van der Waals surface area contributed by atoms with Crippen LogP contribution in [-0.2, 0) is 0 Å². The molecule has 0 radical (unpaired) electrons. The fourth-order valence-corrected chi connectivity index (χ4v) is 6.77. The largest absolute Gasteiger partial charge is 0.456 e. The molecule has 4 heteroatoms. The van der Waals surface area contributed by atoms with Crippen LogP contribution in [0.15, 0.2) is 168 Å². The Labute approximate surface area is 289 Å². The van der Waals surface area contributed by atoms with Crippen molar-refractivity contribution in [2.24, 2.45) is 0 Å². The molecular weight excluding hydrogens is 611 g/mol. The zero-order valence-corrected chi connectivity index (χ0v) is 27.4. The summed E-state index contributed by atoms with van der Waals surface area (Å²) in [6.07, 6.45) is 12.2. The average Bonchev–Trinajstić information content (AvgIpc) is 3.55. The summed E-state index contributed by atoms with van der Waals surface area (Å²) in [5.41, 5.74) is 5.44. The Balaban J connectivity index is 1.22. The minimum absolute atomic E-state index is 0.600. The summed E-state index contributed by atoms with van der Waals surface area (Å²) in [6.45, 7) is 2.00. The van der Waals surface area contributed by atoms with Crippen molar-refractivity contribution in [1.29, 1.82) is 0 Å². The van der Waals surface area contributed by atoms with Gasteiger partial charge in [-0.05, 0) is 75.1 Å². The lowest BCUT2D eigenvalue weighted by Crippen LogP contribution is -2.00. The molecule has 0 aliphatic carbocycles. The highest BCUT2D eigenvalue weighted by Crippen LogP contribution is 2.38. The van der Waals surface area contributed by atoms with E-state index < -0.39 is 0 Å². The van der Waals surface area contributed by atoms with Gasteiger partial charge in [0.15, 0.2) is 17.5 Å². The molecule has 0 amide bonds. The first-order valence-electron chi connectivity index (χ1n) is 16.8. The van der Waals surface area contributed by atoms with Gasteiger partial charge in [-0.25, -0.2) is 15.0 Å². The lowest BCUT2D eigenvalue weighted by molar-refractivity contribution is 0.669. The average molecular weight is 642 g/mol. The van der Waals surface area contributed by atoms with Gasteiger partial charge in [0.05, 0.1) is 0 Å². The van der Waals surface area contributed by atoms with Gasteiger partial charge in [-0.3, -0.25) is 0 Å². The topological polar surface area (TPSA) is 51.8 Å². The SMILES string of the molecule is C\C=C/C=C\C=C\c1ccc2c(c1)oc1cccc(-c3nc(-c4ccc5ccccc5c4)nc(-c4ccc5c(ccc6ccccc65)c4)n3)c12. The Morgan fingerprint density at radius 1 is 0.460 bits per heavy atom. The highest BCUT2D eigenvalue weighted by atomic mass is 16.3. The summed E-state index contributed by atoms with van der Waals surface area (Å²) in [6, 6.07) is 46.5. The van der Waals surface area contributed by atoms with Crippen LogP contribution in [-0.4, -0.2) is 15.0 Å². The molecule has 4 nitrogen and oxygen atoms in total. The molecule has 0 saturated heterocycles. The van der Waals surface area contributed by atoms with E-state index >= 15 is 0 Å². The van der Waals surface area contributed by atoms with Crippen LogP contribution in [0.4, 0.5) is 0 Å². The van der Waals surface area contributed by atoms with Crippen LogP contribution >= 0.6 is 0 Å². The molecule has 2 heterocycles. The van der Waals surface area contributed by atoms with E-state index in [-0.39, 0.29) is 0 Å². The zero-order valence-electron chi connectivity index (χ0n) is 27.4. The molecule has 0 aliphatic rings. The molecule has 0 fully saturated rings. The maximum absolute atomic E-state index is 6.43. The van der Waals surface area contributed by atoms with Crippen molar-refractivity contribution < 1.29 is 4.42 Å². The van der Waals surface area contributed by atoms with Gasteiger partial charge in [0, 0.05) is 27.5 Å². The van der Waals surface area contributed by atoms with Crippen molar-refractivity contribution in [3.05, 3.63) is 169 Å². The zero-order chi connectivity index (χ0) is 33.4. The molecule has 0 aliphatic heterocycles. The monoisotopic (exact) mass is 641 g/mol. The first kappa shape index (κ1) is 29.5. The van der Waals surface area contributed by atoms with Gasteiger partial charge in [0.1, 0.15) is 11.2 Å². The number of nitrogens with zero attached hydrogens (tertiary/aromatic N) is 3. The van der Waals surface area contributed by atoms with E-state index in [1.807, 2.05) is 49.4 Å². The number of benzene rings is 7. The predicted molar refractivity (Wildman–Crippen MR) is 209 cm³/mol. The second kappa shape index (κ2) is 12.4. The molecule has 0 bridgehead atoms. The molecule has 9 rings (SSSR count). The second-order valence-corrected chi connectivity index (χ2v) is 12.4. The number of allylic oxidation sites excluding steroid dienone is 5. The normalized spacial score (nSPS) is 12.3.